The van der Waals surface area contributed by atoms with Crippen LogP contribution in [-0.4, -0.2) is 3.21 Å². The Balaban J connectivity index is 0.000000223. The van der Waals surface area contributed by atoms with Crippen LogP contribution in [0.5, 0.6) is 0 Å². The second kappa shape index (κ2) is 15.9. The molecule has 0 radical (unpaired) electrons. The van der Waals surface area contributed by atoms with Crippen molar-refractivity contribution >= 4 is 24.8 Å². The normalized spacial score (nSPS) is 16.8. The number of hydrogen-bond acceptors (Lipinski definition) is 0. The Morgan fingerprint density at radius 2 is 1.26 bits per heavy atom. The Labute approximate surface area is 282 Å². The molecule has 1 unspecified atom stereocenters. The van der Waals surface area contributed by atoms with Crippen molar-refractivity contribution in [3.05, 3.63) is 112 Å². The first-order valence-electron chi connectivity index (χ1n) is 15.0. The van der Waals surface area contributed by atoms with Gasteiger partial charge in [0.15, 0.2) is 0 Å². The quantitative estimate of drug-likeness (QED) is 0.265. The van der Waals surface area contributed by atoms with Gasteiger partial charge in [0.25, 0.3) is 0 Å². The molecule has 0 N–H and O–H groups in total. The molecular formula is C39H46Cl2Zr-2. The number of hydrogen-bond donors (Lipinski definition) is 0. The molecule has 0 amide bonds. The van der Waals surface area contributed by atoms with Crippen LogP contribution in [0.2, 0.25) is 0 Å². The molecule has 1 fully saturated rings. The van der Waals surface area contributed by atoms with Gasteiger partial charge >= 0.3 is 76.7 Å². The van der Waals surface area contributed by atoms with Crippen molar-refractivity contribution in [2.75, 3.05) is 0 Å². The number of halogens is 2. The van der Waals surface area contributed by atoms with Crippen LogP contribution in [0.15, 0.2) is 72.3 Å². The summed E-state index contributed by atoms with van der Waals surface area (Å²) >= 11 is 1.51. The topological polar surface area (TPSA) is 0 Å². The first-order valence-corrected chi connectivity index (χ1v) is 16.2. The summed E-state index contributed by atoms with van der Waals surface area (Å²) in [6, 6.07) is 20.2. The first-order chi connectivity index (χ1) is 19.0. The van der Waals surface area contributed by atoms with Crippen LogP contribution in [0.3, 0.4) is 0 Å². The van der Waals surface area contributed by atoms with E-state index in [2.05, 4.69) is 128 Å². The second-order valence-electron chi connectivity index (χ2n) is 12.5. The molecule has 1 saturated carbocycles. The standard InChI is InChI=1S/C17H17.C13H19.C9H10.2ClH.Zr/c1-10-5-14-9-15-6-11(2)13(4)8-17(15)16(14)7-12(10)3;1-11-6-7-12(10-11)13(2)8-4-3-5-9-13;1-3-9-6-4-8(2)5-7-9;;;/h5-9H,1-4H3;7,10-11H,3-5,8-9H2,1-2H3;4-7H,1-2H3;2*1H;/q2*-1;;;;+2/p-2. The number of aryl methyl sites for hydroxylation is 5. The molecule has 0 nitrogen and oxygen atoms in total. The number of benzene rings is 3. The summed E-state index contributed by atoms with van der Waals surface area (Å²) in [7, 11) is 0. The molecule has 3 heteroatoms. The predicted molar refractivity (Wildman–Crippen MR) is 173 cm³/mol. The molecule has 42 heavy (non-hydrogen) atoms. The van der Waals surface area contributed by atoms with E-state index in [1.54, 1.807) is 5.57 Å². The van der Waals surface area contributed by atoms with Gasteiger partial charge in [-0.1, -0.05) is 91.7 Å². The minimum absolute atomic E-state index is 0. The van der Waals surface area contributed by atoms with Gasteiger partial charge in [0.05, 0.1) is 0 Å². The molecule has 0 spiro atoms. The summed E-state index contributed by atoms with van der Waals surface area (Å²) in [5, 5.41) is 5.53. The van der Waals surface area contributed by atoms with Crippen LogP contribution in [-0.2, 0) is 24.2 Å². The van der Waals surface area contributed by atoms with E-state index >= 15 is 0 Å². The molecule has 4 aromatic carbocycles. The summed E-state index contributed by atoms with van der Waals surface area (Å²) in [5.74, 6) is 0.550. The van der Waals surface area contributed by atoms with Crippen LogP contribution in [0.1, 0.15) is 86.3 Å². The van der Waals surface area contributed by atoms with Gasteiger partial charge in [-0.2, -0.15) is 11.6 Å². The molecule has 6 rings (SSSR count). The Morgan fingerprint density at radius 3 is 1.69 bits per heavy atom. The van der Waals surface area contributed by atoms with E-state index in [9.17, 15) is 0 Å². The number of allylic oxidation sites excluding steroid dienone is 4. The summed E-state index contributed by atoms with van der Waals surface area (Å²) in [6.07, 6.45) is 15.0. The minimum Gasteiger partial charge on any atom is -1.00 e. The summed E-state index contributed by atoms with van der Waals surface area (Å²) in [6.45, 7) is 17.7. The predicted octanol–water partition coefficient (Wildman–Crippen LogP) is 4.93. The average Bonchev–Trinajstić information content (AvgIpc) is 3.50. The zero-order valence-corrected chi connectivity index (χ0v) is 30.7. The molecule has 4 aromatic rings. The van der Waals surface area contributed by atoms with Crippen LogP contribution in [0.25, 0.3) is 21.5 Å². The van der Waals surface area contributed by atoms with Crippen molar-refractivity contribution in [1.82, 2.24) is 0 Å². The summed E-state index contributed by atoms with van der Waals surface area (Å²) in [5.41, 5.74) is 10.3. The summed E-state index contributed by atoms with van der Waals surface area (Å²) in [4.78, 5) is 0. The number of rotatable bonds is 2. The van der Waals surface area contributed by atoms with Gasteiger partial charge in [-0.3, -0.25) is 6.08 Å². The Bertz CT molecular complexity index is 1500. The minimum atomic E-state index is 0. The van der Waals surface area contributed by atoms with Crippen molar-refractivity contribution in [3.8, 4) is 0 Å². The van der Waals surface area contributed by atoms with Crippen molar-refractivity contribution in [3.63, 3.8) is 0 Å². The smallest absolute Gasteiger partial charge is 0.0408 e. The Morgan fingerprint density at radius 1 is 0.786 bits per heavy atom. The third-order valence-electron chi connectivity index (χ3n) is 9.00. The van der Waals surface area contributed by atoms with Gasteiger partial charge in [-0.05, 0) is 27.7 Å². The van der Waals surface area contributed by atoms with E-state index in [-0.39, 0.29) is 24.8 Å². The maximum absolute atomic E-state index is 3.37. The fourth-order valence-electron chi connectivity index (χ4n) is 5.94. The van der Waals surface area contributed by atoms with E-state index in [1.807, 2.05) is 0 Å². The van der Waals surface area contributed by atoms with Crippen LogP contribution in [0.4, 0.5) is 0 Å². The molecule has 2 aliphatic carbocycles. The second-order valence-corrected chi connectivity index (χ2v) is 14.4. The van der Waals surface area contributed by atoms with Gasteiger partial charge in [0, 0.05) is 0 Å². The fraction of sp³-hybridized carbons (Fsp3) is 0.385. The molecule has 0 aliphatic heterocycles. The molecule has 2 aliphatic rings. The third-order valence-corrected chi connectivity index (χ3v) is 9.71. The molecule has 0 saturated heterocycles. The molecule has 0 aromatic heterocycles. The van der Waals surface area contributed by atoms with Crippen LogP contribution >= 0.6 is 0 Å². The largest absolute Gasteiger partial charge is 1.00 e. The molecule has 0 heterocycles. The van der Waals surface area contributed by atoms with Crippen molar-refractivity contribution in [1.29, 1.82) is 0 Å². The molecule has 0 bridgehead atoms. The fourth-order valence-corrected chi connectivity index (χ4v) is 6.35. The van der Waals surface area contributed by atoms with Crippen LogP contribution < -0.4 is 24.8 Å². The zero-order valence-electron chi connectivity index (χ0n) is 26.7. The molecular weight excluding hydrogens is 631 g/mol. The van der Waals surface area contributed by atoms with Crippen molar-refractivity contribution in [2.24, 2.45) is 11.3 Å². The van der Waals surface area contributed by atoms with Crippen molar-refractivity contribution in [2.45, 2.75) is 87.5 Å². The first kappa shape index (κ1) is 36.5. The molecule has 222 valence electrons. The van der Waals surface area contributed by atoms with E-state index in [0.29, 0.717) is 11.3 Å². The monoisotopic (exact) mass is 674 g/mol. The summed E-state index contributed by atoms with van der Waals surface area (Å²) < 4.78 is 1.46. The van der Waals surface area contributed by atoms with Gasteiger partial charge in [-0.25, -0.2) is 6.08 Å². The van der Waals surface area contributed by atoms with Gasteiger partial charge in [0.1, 0.15) is 0 Å². The van der Waals surface area contributed by atoms with E-state index in [4.69, 9.17) is 0 Å². The number of fused-ring (bicyclic) bond motifs is 3. The van der Waals surface area contributed by atoms with E-state index < -0.39 is 0 Å². The third kappa shape index (κ3) is 8.94. The van der Waals surface area contributed by atoms with Crippen LogP contribution in [0, 0.1) is 52.0 Å². The average molecular weight is 677 g/mol. The SMILES string of the molecule is CC1[C-]=CC(C2(C)CCCCC2)=C1.C[C](=[Zr+2])c1ccc(C)cc1.Cc1cc2[cH-]c3cc(C)c(C)cc3c2cc1C.[Cl-].[Cl-]. The van der Waals surface area contributed by atoms with E-state index in [0.717, 1.165) is 0 Å². The van der Waals surface area contributed by atoms with Gasteiger partial charge < -0.3 is 24.8 Å². The zero-order chi connectivity index (χ0) is 29.0. The molecule has 1 atom stereocenters. The van der Waals surface area contributed by atoms with Gasteiger partial charge in [0.2, 0.25) is 0 Å². The van der Waals surface area contributed by atoms with Gasteiger partial charge in [-0.15, -0.1) is 39.7 Å². The maximum Gasteiger partial charge on any atom is -0.0408 e. The Hall–Kier alpha value is -1.66. The maximum atomic E-state index is 3.37. The Kier molecular flexibility index (Phi) is 13.8. The van der Waals surface area contributed by atoms with Crippen molar-refractivity contribution < 1.29 is 49.0 Å². The van der Waals surface area contributed by atoms with E-state index in [1.165, 1.54) is 114 Å².